The third kappa shape index (κ3) is 3.07. The van der Waals surface area contributed by atoms with Gasteiger partial charge < -0.3 is 35.0 Å². The molecule has 0 aromatic carbocycles. The fraction of sp³-hybridized carbons (Fsp3) is 0.692. The van der Waals surface area contributed by atoms with E-state index >= 15 is 0 Å². The fourth-order valence-electron chi connectivity index (χ4n) is 2.01. The van der Waals surface area contributed by atoms with E-state index in [9.17, 15) is 24.9 Å². The number of rotatable bonds is 9. The van der Waals surface area contributed by atoms with Crippen molar-refractivity contribution in [2.75, 3.05) is 19.8 Å². The Labute approximate surface area is 126 Å². The molecule has 3 atom stereocenters. The van der Waals surface area contributed by atoms with Crippen molar-refractivity contribution in [3.05, 3.63) is 11.5 Å². The van der Waals surface area contributed by atoms with E-state index in [0.29, 0.717) is 12.8 Å². The number of unbranched alkanes of at least 4 members (excludes halogenated alkanes) is 1. The number of aliphatic hydroxyl groups is 5. The Balaban J connectivity index is 3.29. The predicted octanol–water partition coefficient (Wildman–Crippen LogP) is -1.86. The van der Waals surface area contributed by atoms with Gasteiger partial charge in [0.15, 0.2) is 0 Å². The van der Waals surface area contributed by atoms with Gasteiger partial charge in [0, 0.05) is 0 Å². The third-order valence-corrected chi connectivity index (χ3v) is 3.23. The number of esters is 1. The lowest BCUT2D eigenvalue weighted by molar-refractivity contribution is -0.179. The lowest BCUT2D eigenvalue weighted by atomic mass is 9.87. The second-order valence-corrected chi connectivity index (χ2v) is 4.77. The summed E-state index contributed by atoms with van der Waals surface area (Å²) in [6, 6.07) is 0. The van der Waals surface area contributed by atoms with Crippen LogP contribution in [0.2, 0.25) is 0 Å². The van der Waals surface area contributed by atoms with Crippen molar-refractivity contribution < 1.29 is 44.6 Å². The Morgan fingerprint density at radius 3 is 2.45 bits per heavy atom. The molecule has 0 fully saturated rings. The van der Waals surface area contributed by atoms with Crippen molar-refractivity contribution in [1.82, 2.24) is 0 Å². The monoisotopic (exact) mass is 320 g/mol. The van der Waals surface area contributed by atoms with E-state index in [1.165, 1.54) is 0 Å². The average Bonchev–Trinajstić information content (AvgIpc) is 2.78. The Bertz CT molecular complexity index is 458. The summed E-state index contributed by atoms with van der Waals surface area (Å²) in [4.78, 5) is 23.8. The second kappa shape index (κ2) is 7.54. The van der Waals surface area contributed by atoms with Gasteiger partial charge in [-0.2, -0.15) is 0 Å². The maximum atomic E-state index is 12.2. The van der Waals surface area contributed by atoms with Crippen LogP contribution in [0.1, 0.15) is 19.8 Å². The molecule has 0 bridgehead atoms. The van der Waals surface area contributed by atoms with Crippen molar-refractivity contribution in [3.8, 4) is 0 Å². The highest BCUT2D eigenvalue weighted by molar-refractivity contribution is 6.03. The molecule has 9 heteroatoms. The molecule has 1 heterocycles. The van der Waals surface area contributed by atoms with E-state index in [-0.39, 0.29) is 6.61 Å². The molecule has 0 saturated heterocycles. The number of ether oxygens (including phenoxy) is 2. The van der Waals surface area contributed by atoms with Gasteiger partial charge in [-0.1, -0.05) is 13.3 Å². The van der Waals surface area contributed by atoms with Gasteiger partial charge in [-0.15, -0.1) is 0 Å². The van der Waals surface area contributed by atoms with E-state index in [4.69, 9.17) is 19.7 Å². The number of carbonyl (C=O) groups is 2. The molecule has 5 N–H and O–H groups in total. The minimum Gasteiger partial charge on any atom is -0.499 e. The van der Waals surface area contributed by atoms with Crippen LogP contribution in [0.15, 0.2) is 11.5 Å². The maximum Gasteiger partial charge on any atom is 0.378 e. The van der Waals surface area contributed by atoms with E-state index < -0.39 is 54.3 Å². The van der Waals surface area contributed by atoms with Gasteiger partial charge in [0.05, 0.1) is 19.8 Å². The molecular formula is C13H20O9. The highest BCUT2D eigenvalue weighted by atomic mass is 16.6. The molecule has 1 aliphatic heterocycles. The molecular weight excluding hydrogens is 300 g/mol. The van der Waals surface area contributed by atoms with Crippen molar-refractivity contribution in [3.63, 3.8) is 0 Å². The van der Waals surface area contributed by atoms with Gasteiger partial charge in [-0.25, -0.2) is 4.79 Å². The number of hydrogen-bond donors (Lipinski definition) is 5. The largest absolute Gasteiger partial charge is 0.499 e. The normalized spacial score (nSPS) is 24.1. The highest BCUT2D eigenvalue weighted by Crippen LogP contribution is 2.37. The van der Waals surface area contributed by atoms with Crippen LogP contribution in [0.5, 0.6) is 0 Å². The topological polar surface area (TPSA) is 154 Å². The number of carbonyl (C=O) groups excluding carboxylic acids is 2. The minimum atomic E-state index is -2.59. The zero-order chi connectivity index (χ0) is 16.9. The summed E-state index contributed by atoms with van der Waals surface area (Å²) < 4.78 is 9.90. The van der Waals surface area contributed by atoms with Crippen LogP contribution in [0.25, 0.3) is 0 Å². The van der Waals surface area contributed by atoms with Gasteiger partial charge in [0.1, 0.15) is 12.2 Å². The summed E-state index contributed by atoms with van der Waals surface area (Å²) in [5.41, 5.74) is -2.59. The highest BCUT2D eigenvalue weighted by Gasteiger charge is 2.61. The van der Waals surface area contributed by atoms with E-state index in [1.807, 2.05) is 6.92 Å². The molecule has 0 aliphatic carbocycles. The molecule has 0 saturated carbocycles. The quantitative estimate of drug-likeness (QED) is 0.243. The average molecular weight is 320 g/mol. The van der Waals surface area contributed by atoms with Gasteiger partial charge in [0.25, 0.3) is 5.60 Å². The van der Waals surface area contributed by atoms with E-state index in [0.717, 1.165) is 0 Å². The second-order valence-electron chi connectivity index (χ2n) is 4.77. The van der Waals surface area contributed by atoms with Crippen molar-refractivity contribution in [2.24, 2.45) is 0 Å². The molecule has 0 spiro atoms. The number of ketones is 1. The minimum absolute atomic E-state index is 0.00886. The Morgan fingerprint density at radius 1 is 1.32 bits per heavy atom. The standard InChI is InChI=1S/C13H20O9/c1-2-3-4-21-11-9(18)12(20)22-13(11,8(17)6-15)10(19)7(16)5-14/h7-8,14-18H,2-6H2,1H3/t7?,8-,13-/m0/s1. The molecule has 1 unspecified atom stereocenters. The van der Waals surface area contributed by atoms with Crippen molar-refractivity contribution >= 4 is 11.8 Å². The summed E-state index contributed by atoms with van der Waals surface area (Å²) >= 11 is 0. The third-order valence-electron chi connectivity index (χ3n) is 3.23. The van der Waals surface area contributed by atoms with E-state index in [1.54, 1.807) is 0 Å². The van der Waals surface area contributed by atoms with Crippen molar-refractivity contribution in [2.45, 2.75) is 37.6 Å². The van der Waals surface area contributed by atoms with Crippen LogP contribution in [0.3, 0.4) is 0 Å². The molecule has 0 aromatic rings. The molecule has 22 heavy (non-hydrogen) atoms. The van der Waals surface area contributed by atoms with Crippen LogP contribution in [-0.4, -0.2) is 74.9 Å². The van der Waals surface area contributed by atoms with Crippen LogP contribution in [0.4, 0.5) is 0 Å². The first-order valence-corrected chi connectivity index (χ1v) is 6.78. The van der Waals surface area contributed by atoms with Gasteiger partial charge in [0.2, 0.25) is 17.3 Å². The Hall–Kier alpha value is -1.68. The van der Waals surface area contributed by atoms with Crippen LogP contribution in [-0.2, 0) is 19.1 Å². The molecule has 0 radical (unpaired) electrons. The predicted molar refractivity (Wildman–Crippen MR) is 70.5 cm³/mol. The number of Topliss-reactive ketones (excluding diaryl/α,β-unsaturated/α-hetero) is 1. The fourth-order valence-corrected chi connectivity index (χ4v) is 2.01. The van der Waals surface area contributed by atoms with Crippen LogP contribution >= 0.6 is 0 Å². The molecule has 126 valence electrons. The molecule has 0 aromatic heterocycles. The summed E-state index contributed by atoms with van der Waals surface area (Å²) in [6.07, 6.45) is -2.74. The van der Waals surface area contributed by atoms with Gasteiger partial charge in [-0.05, 0) is 6.42 Å². The Morgan fingerprint density at radius 2 is 1.95 bits per heavy atom. The smallest absolute Gasteiger partial charge is 0.378 e. The first-order valence-electron chi connectivity index (χ1n) is 6.78. The van der Waals surface area contributed by atoms with Crippen LogP contribution in [0, 0.1) is 0 Å². The van der Waals surface area contributed by atoms with Crippen molar-refractivity contribution in [1.29, 1.82) is 0 Å². The zero-order valence-corrected chi connectivity index (χ0v) is 12.1. The first kappa shape index (κ1) is 18.4. The Kier molecular flexibility index (Phi) is 6.30. The number of cyclic esters (lactones) is 1. The molecule has 9 nitrogen and oxygen atoms in total. The molecule has 1 rings (SSSR count). The van der Waals surface area contributed by atoms with Crippen LogP contribution < -0.4 is 0 Å². The van der Waals surface area contributed by atoms with E-state index in [2.05, 4.69) is 0 Å². The summed E-state index contributed by atoms with van der Waals surface area (Å²) in [6.45, 7) is -0.149. The number of hydrogen-bond acceptors (Lipinski definition) is 9. The summed E-state index contributed by atoms with van der Waals surface area (Å²) in [7, 11) is 0. The first-order chi connectivity index (χ1) is 10.4. The summed E-state index contributed by atoms with van der Waals surface area (Å²) in [5, 5.41) is 47.2. The number of aliphatic hydroxyl groups excluding tert-OH is 5. The maximum absolute atomic E-state index is 12.2. The lowest BCUT2D eigenvalue weighted by Crippen LogP contribution is -2.58. The SMILES string of the molecule is CCCCOC1=C(O)C(=O)O[C@]1(C(=O)C(O)CO)[C@@H](O)CO. The molecule has 0 amide bonds. The lowest BCUT2D eigenvalue weighted by Gasteiger charge is -2.33. The van der Waals surface area contributed by atoms with Gasteiger partial charge in [-0.3, -0.25) is 4.79 Å². The zero-order valence-electron chi connectivity index (χ0n) is 12.1. The summed E-state index contributed by atoms with van der Waals surface area (Å²) in [5.74, 6) is -4.34. The van der Waals surface area contributed by atoms with Gasteiger partial charge >= 0.3 is 5.97 Å². The molecule has 1 aliphatic rings.